The number of hydrogen-bond acceptors (Lipinski definition) is 2. The van der Waals surface area contributed by atoms with Crippen LogP contribution in [0.2, 0.25) is 0 Å². The van der Waals surface area contributed by atoms with Gasteiger partial charge < -0.3 is 5.32 Å². The van der Waals surface area contributed by atoms with Crippen LogP contribution in [0.15, 0.2) is 18.3 Å². The summed E-state index contributed by atoms with van der Waals surface area (Å²) in [6.45, 7) is 8.28. The van der Waals surface area contributed by atoms with Gasteiger partial charge in [-0.25, -0.2) is 0 Å². The molecule has 0 aliphatic heterocycles. The van der Waals surface area contributed by atoms with E-state index in [2.05, 4.69) is 38.2 Å². The third-order valence-corrected chi connectivity index (χ3v) is 5.90. The van der Waals surface area contributed by atoms with Crippen molar-refractivity contribution < 1.29 is 0 Å². The van der Waals surface area contributed by atoms with Gasteiger partial charge in [-0.1, -0.05) is 39.7 Å². The maximum absolute atomic E-state index is 4.75. The Morgan fingerprint density at radius 2 is 2.19 bits per heavy atom. The molecule has 2 heteroatoms. The van der Waals surface area contributed by atoms with E-state index in [0.29, 0.717) is 17.4 Å². The van der Waals surface area contributed by atoms with Crippen LogP contribution in [0.1, 0.15) is 70.1 Å². The molecule has 2 aliphatic carbocycles. The Bertz CT molecular complexity index is 480. The number of aryl methyl sites for hydroxylation is 1. The van der Waals surface area contributed by atoms with Gasteiger partial charge in [0.2, 0.25) is 0 Å². The van der Waals surface area contributed by atoms with E-state index in [4.69, 9.17) is 4.98 Å². The van der Waals surface area contributed by atoms with E-state index in [-0.39, 0.29) is 0 Å². The summed E-state index contributed by atoms with van der Waals surface area (Å²) in [4.78, 5) is 4.75. The molecule has 2 nitrogen and oxygen atoms in total. The number of aromatic nitrogens is 1. The molecule has 0 aromatic carbocycles. The number of rotatable bonds is 4. The Morgan fingerprint density at radius 1 is 1.33 bits per heavy atom. The fourth-order valence-corrected chi connectivity index (χ4v) is 4.78. The monoisotopic (exact) mass is 286 g/mol. The van der Waals surface area contributed by atoms with E-state index >= 15 is 0 Å². The summed E-state index contributed by atoms with van der Waals surface area (Å²) in [6, 6.07) is 4.97. The summed E-state index contributed by atoms with van der Waals surface area (Å²) in [6.07, 6.45) is 10.0. The van der Waals surface area contributed by atoms with Crippen molar-refractivity contribution in [1.29, 1.82) is 0 Å². The predicted octanol–water partition coefficient (Wildman–Crippen LogP) is 4.31. The lowest BCUT2D eigenvalue weighted by Crippen LogP contribution is -2.47. The summed E-state index contributed by atoms with van der Waals surface area (Å²) in [5.74, 6) is 1.40. The van der Waals surface area contributed by atoms with Crippen molar-refractivity contribution >= 4 is 0 Å². The van der Waals surface area contributed by atoms with Crippen molar-refractivity contribution in [2.75, 3.05) is 6.54 Å². The van der Waals surface area contributed by atoms with Gasteiger partial charge in [-0.3, -0.25) is 4.98 Å². The third-order valence-electron chi connectivity index (χ3n) is 5.90. The molecule has 1 aromatic heterocycles. The first-order valence-electron chi connectivity index (χ1n) is 8.80. The molecule has 116 valence electrons. The molecule has 21 heavy (non-hydrogen) atoms. The highest BCUT2D eigenvalue weighted by Gasteiger charge is 2.42. The molecule has 0 saturated heterocycles. The second kappa shape index (κ2) is 6.08. The van der Waals surface area contributed by atoms with Crippen molar-refractivity contribution in [1.82, 2.24) is 10.3 Å². The summed E-state index contributed by atoms with van der Waals surface area (Å²) >= 11 is 0. The Kier molecular flexibility index (Phi) is 4.35. The van der Waals surface area contributed by atoms with Crippen LogP contribution in [0, 0.1) is 11.3 Å². The SMILES string of the molecule is CCNC(C1CCc2cccnc21)C1CCCCC1(C)C. The molecule has 0 amide bonds. The third kappa shape index (κ3) is 2.88. The zero-order chi connectivity index (χ0) is 14.9. The highest BCUT2D eigenvalue weighted by molar-refractivity contribution is 5.30. The lowest BCUT2D eigenvalue weighted by molar-refractivity contribution is 0.0870. The van der Waals surface area contributed by atoms with Gasteiger partial charge in [-0.2, -0.15) is 0 Å². The van der Waals surface area contributed by atoms with Gasteiger partial charge in [0.1, 0.15) is 0 Å². The highest BCUT2D eigenvalue weighted by atomic mass is 14.9. The molecule has 2 aliphatic rings. The van der Waals surface area contributed by atoms with Gasteiger partial charge >= 0.3 is 0 Å². The number of pyridine rings is 1. The van der Waals surface area contributed by atoms with Crippen molar-refractivity contribution in [3.8, 4) is 0 Å². The van der Waals surface area contributed by atoms with E-state index in [0.717, 1.165) is 12.5 Å². The predicted molar refractivity (Wildman–Crippen MR) is 88.5 cm³/mol. The summed E-state index contributed by atoms with van der Waals surface area (Å²) in [5.41, 5.74) is 3.33. The van der Waals surface area contributed by atoms with Gasteiger partial charge in [0, 0.05) is 23.9 Å². The number of nitrogens with one attached hydrogen (secondary N) is 1. The van der Waals surface area contributed by atoms with Crippen LogP contribution < -0.4 is 5.32 Å². The average molecular weight is 286 g/mol. The van der Waals surface area contributed by atoms with Crippen molar-refractivity contribution in [3.05, 3.63) is 29.6 Å². The first kappa shape index (κ1) is 15.0. The molecule has 0 bridgehead atoms. The Balaban J connectivity index is 1.88. The van der Waals surface area contributed by atoms with Crippen molar-refractivity contribution in [2.45, 2.75) is 71.3 Å². The normalized spacial score (nSPS) is 29.1. The smallest absolute Gasteiger partial charge is 0.0482 e. The minimum atomic E-state index is 0.461. The summed E-state index contributed by atoms with van der Waals surface area (Å²) in [7, 11) is 0. The van der Waals surface area contributed by atoms with Crippen LogP contribution in [-0.4, -0.2) is 17.6 Å². The minimum Gasteiger partial charge on any atom is -0.313 e. The number of nitrogens with zero attached hydrogens (tertiary/aromatic N) is 1. The van der Waals surface area contributed by atoms with Crippen LogP contribution in [0.4, 0.5) is 0 Å². The van der Waals surface area contributed by atoms with Crippen LogP contribution in [0.3, 0.4) is 0 Å². The zero-order valence-electron chi connectivity index (χ0n) is 13.9. The lowest BCUT2D eigenvalue weighted by atomic mass is 9.63. The van der Waals surface area contributed by atoms with Crippen molar-refractivity contribution in [2.24, 2.45) is 11.3 Å². The largest absolute Gasteiger partial charge is 0.313 e. The molecule has 1 heterocycles. The molecule has 1 N–H and O–H groups in total. The quantitative estimate of drug-likeness (QED) is 0.892. The van der Waals surface area contributed by atoms with Crippen LogP contribution >= 0.6 is 0 Å². The molecular weight excluding hydrogens is 256 g/mol. The molecule has 3 unspecified atom stereocenters. The maximum atomic E-state index is 4.75. The van der Waals surface area contributed by atoms with Gasteiger partial charge in [-0.15, -0.1) is 0 Å². The maximum Gasteiger partial charge on any atom is 0.0482 e. The van der Waals surface area contributed by atoms with Gasteiger partial charge in [-0.05, 0) is 55.2 Å². The van der Waals surface area contributed by atoms with Crippen LogP contribution in [0.5, 0.6) is 0 Å². The zero-order valence-corrected chi connectivity index (χ0v) is 13.9. The molecule has 1 fully saturated rings. The van der Waals surface area contributed by atoms with Crippen LogP contribution in [0.25, 0.3) is 0 Å². The van der Waals surface area contributed by atoms with Crippen molar-refractivity contribution in [3.63, 3.8) is 0 Å². The first-order valence-corrected chi connectivity index (χ1v) is 8.80. The molecular formula is C19H30N2. The van der Waals surface area contributed by atoms with Gasteiger partial charge in [0.25, 0.3) is 0 Å². The second-order valence-corrected chi connectivity index (χ2v) is 7.62. The van der Waals surface area contributed by atoms with E-state index in [1.54, 1.807) is 0 Å². The topological polar surface area (TPSA) is 24.9 Å². The van der Waals surface area contributed by atoms with Gasteiger partial charge in [0.15, 0.2) is 0 Å². The Hall–Kier alpha value is -0.890. The fourth-order valence-electron chi connectivity index (χ4n) is 4.78. The average Bonchev–Trinajstić information content (AvgIpc) is 2.89. The summed E-state index contributed by atoms with van der Waals surface area (Å²) < 4.78 is 0. The Labute approximate surface area is 129 Å². The molecule has 0 radical (unpaired) electrons. The number of fused-ring (bicyclic) bond motifs is 1. The fraction of sp³-hybridized carbons (Fsp3) is 0.737. The van der Waals surface area contributed by atoms with E-state index in [1.807, 2.05) is 6.20 Å². The van der Waals surface area contributed by atoms with Crippen LogP contribution in [-0.2, 0) is 6.42 Å². The van der Waals surface area contributed by atoms with Gasteiger partial charge in [0.05, 0.1) is 0 Å². The van der Waals surface area contributed by atoms with E-state index < -0.39 is 0 Å². The highest BCUT2D eigenvalue weighted by Crippen LogP contribution is 2.47. The summed E-state index contributed by atoms with van der Waals surface area (Å²) in [5, 5.41) is 3.85. The molecule has 3 atom stereocenters. The van der Waals surface area contributed by atoms with E-state index in [1.165, 1.54) is 49.8 Å². The molecule has 1 aromatic rings. The first-order chi connectivity index (χ1) is 10.1. The van der Waals surface area contributed by atoms with E-state index in [9.17, 15) is 0 Å². The Morgan fingerprint density at radius 3 is 2.95 bits per heavy atom. The minimum absolute atomic E-state index is 0.461. The molecule has 3 rings (SSSR count). The second-order valence-electron chi connectivity index (χ2n) is 7.62. The lowest BCUT2D eigenvalue weighted by Gasteiger charge is -2.45. The number of likely N-dealkylation sites (N-methyl/N-ethyl adjacent to an activating group) is 1. The standard InChI is InChI=1S/C19H30N2/c1-4-20-18(16-9-5-6-12-19(16,2)3)15-11-10-14-8-7-13-21-17(14)15/h7-8,13,15-16,18,20H,4-6,9-12H2,1-3H3. The molecule has 1 saturated carbocycles. The molecule has 0 spiro atoms. The number of hydrogen-bond donors (Lipinski definition) is 1.